The Morgan fingerprint density at radius 2 is 0.506 bits per heavy atom. The van der Waals surface area contributed by atoms with Gasteiger partial charge in [0.05, 0.1) is 0 Å². The summed E-state index contributed by atoms with van der Waals surface area (Å²) in [4.78, 5) is 38.3. The minimum atomic E-state index is -0.812. The summed E-state index contributed by atoms with van der Waals surface area (Å²) in [5, 5.41) is 0. The molecule has 1 unspecified atom stereocenters. The van der Waals surface area contributed by atoms with Crippen LogP contribution in [0.2, 0.25) is 0 Å². The molecule has 0 spiro atoms. The highest BCUT2D eigenvalue weighted by molar-refractivity contribution is 5.71. The Morgan fingerprint density at radius 3 is 0.827 bits per heavy atom. The smallest absolute Gasteiger partial charge is 0.306 e. The van der Waals surface area contributed by atoms with E-state index >= 15 is 0 Å². The summed E-state index contributed by atoms with van der Waals surface area (Å²) in [6, 6.07) is 0. The lowest BCUT2D eigenvalue weighted by molar-refractivity contribution is -0.166. The molecule has 0 bridgehead atoms. The van der Waals surface area contributed by atoms with Gasteiger partial charge in [0.15, 0.2) is 6.10 Å². The highest BCUT2D eigenvalue weighted by Gasteiger charge is 2.19. The summed E-state index contributed by atoms with van der Waals surface area (Å²) in [5.74, 6) is -0.980. The van der Waals surface area contributed by atoms with Crippen LogP contribution in [-0.2, 0) is 28.6 Å². The van der Waals surface area contributed by atoms with Crippen molar-refractivity contribution in [2.75, 3.05) is 13.2 Å². The van der Waals surface area contributed by atoms with Gasteiger partial charge in [0.1, 0.15) is 13.2 Å². The normalized spacial score (nSPS) is 12.8. The molecule has 1 atom stereocenters. The molecule has 0 amide bonds. The number of allylic oxidation sites excluding steroid dienone is 18. The van der Waals surface area contributed by atoms with E-state index in [1.807, 2.05) is 6.08 Å². The molecule has 0 heterocycles. The average Bonchev–Trinajstić information content (AvgIpc) is 3.46. The molecule has 0 aliphatic heterocycles. The fraction of sp³-hybridized carbons (Fsp3) is 0.720. The van der Waals surface area contributed by atoms with Gasteiger partial charge < -0.3 is 14.2 Å². The highest BCUT2D eigenvalue weighted by atomic mass is 16.6. The topological polar surface area (TPSA) is 78.9 Å². The Balaban J connectivity index is 4.32. The van der Waals surface area contributed by atoms with Crippen molar-refractivity contribution < 1.29 is 28.6 Å². The van der Waals surface area contributed by atoms with Crippen LogP contribution in [0, 0.1) is 0 Å². The number of carbonyl (C=O) groups is 3. The summed E-state index contributed by atoms with van der Waals surface area (Å²) in [6.45, 7) is 6.46. The van der Waals surface area contributed by atoms with E-state index in [-0.39, 0.29) is 37.5 Å². The molecule has 0 aliphatic rings. The lowest BCUT2D eigenvalue weighted by Gasteiger charge is -2.18. The van der Waals surface area contributed by atoms with Crippen LogP contribution in [0.3, 0.4) is 0 Å². The van der Waals surface area contributed by atoms with E-state index in [1.165, 1.54) is 199 Å². The number of rotatable bonds is 62. The average molecular weight is 1130 g/mol. The van der Waals surface area contributed by atoms with E-state index in [9.17, 15) is 14.4 Å². The van der Waals surface area contributed by atoms with Crippen LogP contribution >= 0.6 is 0 Å². The lowest BCUT2D eigenvalue weighted by Crippen LogP contribution is -2.30. The van der Waals surface area contributed by atoms with E-state index in [0.717, 1.165) is 83.5 Å². The van der Waals surface area contributed by atoms with Crippen molar-refractivity contribution >= 4 is 17.9 Å². The van der Waals surface area contributed by atoms with Gasteiger partial charge in [0.25, 0.3) is 0 Å². The molecule has 464 valence electrons. The third-order valence-electron chi connectivity index (χ3n) is 14.7. The van der Waals surface area contributed by atoms with Gasteiger partial charge in [0, 0.05) is 19.3 Å². The van der Waals surface area contributed by atoms with Crippen LogP contribution in [0.15, 0.2) is 109 Å². The molecule has 81 heavy (non-hydrogen) atoms. The molecule has 0 aromatic heterocycles. The minimum Gasteiger partial charge on any atom is -0.462 e. The predicted octanol–water partition coefficient (Wildman–Crippen LogP) is 23.8. The predicted molar refractivity (Wildman–Crippen MR) is 353 cm³/mol. The van der Waals surface area contributed by atoms with Crippen molar-refractivity contribution in [2.24, 2.45) is 0 Å². The van der Waals surface area contributed by atoms with Crippen molar-refractivity contribution in [2.45, 2.75) is 335 Å². The second kappa shape index (κ2) is 68.6. The Bertz CT molecular complexity index is 1620. The summed E-state index contributed by atoms with van der Waals surface area (Å²) < 4.78 is 16.9. The van der Waals surface area contributed by atoms with Crippen molar-refractivity contribution in [1.82, 2.24) is 0 Å². The second-order valence-corrected chi connectivity index (χ2v) is 22.7. The van der Waals surface area contributed by atoms with E-state index in [2.05, 4.69) is 124 Å². The molecular weight excluding hydrogens is 997 g/mol. The van der Waals surface area contributed by atoms with Crippen LogP contribution in [0.4, 0.5) is 0 Å². The number of hydrogen-bond acceptors (Lipinski definition) is 6. The van der Waals surface area contributed by atoms with Crippen LogP contribution in [0.1, 0.15) is 329 Å². The van der Waals surface area contributed by atoms with E-state index in [1.54, 1.807) is 0 Å². The van der Waals surface area contributed by atoms with E-state index in [0.29, 0.717) is 19.3 Å². The second-order valence-electron chi connectivity index (χ2n) is 22.7. The molecule has 0 aliphatic carbocycles. The molecule has 0 saturated heterocycles. The Kier molecular flexibility index (Phi) is 65.2. The molecule has 0 fully saturated rings. The van der Waals surface area contributed by atoms with Gasteiger partial charge in [-0.2, -0.15) is 0 Å². The van der Waals surface area contributed by atoms with Gasteiger partial charge in [-0.15, -0.1) is 0 Å². The number of unbranched alkanes of at least 4 members (excludes halogenated alkanes) is 33. The standard InChI is InChI=1S/C75H128O6/c1-4-7-10-13-16-19-22-25-27-29-31-33-35-36-37-38-40-41-43-45-47-50-53-56-59-62-65-68-74(77)80-71-72(70-79-73(76)67-64-61-58-55-52-49-24-21-18-15-12-9-6-3)81-75(78)69-66-63-60-57-54-51-48-46-44-42-39-34-32-30-28-26-23-20-17-14-11-8-5-2/h9,12,18,21-23,25-26,29-32,35-36,49,52,58,61,72H,4-8,10-11,13-17,19-20,24,27-28,33-34,37-48,50-51,53-57,59-60,62-71H2,1-3H3/b12-9-,21-18-,25-22-,26-23-,31-29-,32-30-,36-35-,52-49-,61-58-. The van der Waals surface area contributed by atoms with Gasteiger partial charge >= 0.3 is 17.9 Å². The zero-order valence-electron chi connectivity index (χ0n) is 53.3. The monoisotopic (exact) mass is 1120 g/mol. The zero-order valence-corrected chi connectivity index (χ0v) is 53.3. The quantitative estimate of drug-likeness (QED) is 0.0261. The maximum atomic E-state index is 12.9. The van der Waals surface area contributed by atoms with Gasteiger partial charge in [-0.25, -0.2) is 0 Å². The van der Waals surface area contributed by atoms with Crippen LogP contribution in [0.25, 0.3) is 0 Å². The van der Waals surface area contributed by atoms with Gasteiger partial charge in [-0.1, -0.05) is 304 Å². The summed E-state index contributed by atoms with van der Waals surface area (Å²) in [5.41, 5.74) is 0. The van der Waals surface area contributed by atoms with Crippen molar-refractivity contribution in [1.29, 1.82) is 0 Å². The molecule has 6 nitrogen and oxygen atoms in total. The van der Waals surface area contributed by atoms with E-state index in [4.69, 9.17) is 14.2 Å². The number of hydrogen-bond donors (Lipinski definition) is 0. The molecule has 0 rings (SSSR count). The molecule has 0 aromatic rings. The lowest BCUT2D eigenvalue weighted by atomic mass is 10.0. The SMILES string of the molecule is CC/C=C\C/C=C\C/C=C\C/C=C\CCC(=O)OCC(COC(=O)CCCCCCCCCCCCCC/C=C\C/C=C\C/C=C\CCCCCCC)OC(=O)CCCCCCCCCCCCC/C=C\C/C=C\CCCCCCC. The maximum Gasteiger partial charge on any atom is 0.306 e. The number of esters is 3. The van der Waals surface area contributed by atoms with Crippen molar-refractivity contribution in [3.63, 3.8) is 0 Å². The first-order valence-corrected chi connectivity index (χ1v) is 34.4. The summed E-state index contributed by atoms with van der Waals surface area (Å²) in [6.07, 6.45) is 94.1. The number of carbonyl (C=O) groups excluding carboxylic acids is 3. The maximum absolute atomic E-state index is 12.9. The van der Waals surface area contributed by atoms with Crippen LogP contribution in [-0.4, -0.2) is 37.2 Å². The highest BCUT2D eigenvalue weighted by Crippen LogP contribution is 2.16. The van der Waals surface area contributed by atoms with Gasteiger partial charge in [0.2, 0.25) is 0 Å². The fourth-order valence-electron chi connectivity index (χ4n) is 9.61. The first-order valence-electron chi connectivity index (χ1n) is 34.4. The Morgan fingerprint density at radius 1 is 0.259 bits per heavy atom. The Labute approximate surface area is 501 Å². The van der Waals surface area contributed by atoms with Crippen LogP contribution in [0.5, 0.6) is 0 Å². The molecule has 0 saturated carbocycles. The third-order valence-corrected chi connectivity index (χ3v) is 14.7. The third kappa shape index (κ3) is 66.8. The minimum absolute atomic E-state index is 0.102. The van der Waals surface area contributed by atoms with E-state index < -0.39 is 6.10 Å². The molecule has 0 N–H and O–H groups in total. The van der Waals surface area contributed by atoms with Crippen molar-refractivity contribution in [3.8, 4) is 0 Å². The molecule has 0 radical (unpaired) electrons. The first kappa shape index (κ1) is 77.1. The molecular formula is C75H128O6. The summed E-state index contributed by atoms with van der Waals surface area (Å²) in [7, 11) is 0. The van der Waals surface area contributed by atoms with Crippen molar-refractivity contribution in [3.05, 3.63) is 109 Å². The van der Waals surface area contributed by atoms with Gasteiger partial charge in [-0.05, 0) is 116 Å². The zero-order chi connectivity index (χ0) is 58.5. The molecule has 6 heteroatoms. The fourth-order valence-corrected chi connectivity index (χ4v) is 9.61. The molecule has 0 aromatic carbocycles. The number of ether oxygens (including phenoxy) is 3. The largest absolute Gasteiger partial charge is 0.462 e. The summed E-state index contributed by atoms with van der Waals surface area (Å²) >= 11 is 0. The first-order chi connectivity index (χ1) is 40.0. The van der Waals surface area contributed by atoms with Gasteiger partial charge in [-0.3, -0.25) is 14.4 Å². The van der Waals surface area contributed by atoms with Crippen LogP contribution < -0.4 is 0 Å². The Hall–Kier alpha value is -3.93.